The van der Waals surface area contributed by atoms with E-state index in [1.54, 1.807) is 28.6 Å². The van der Waals surface area contributed by atoms with Crippen LogP contribution in [0.2, 0.25) is 0 Å². The molecule has 0 aliphatic carbocycles. The van der Waals surface area contributed by atoms with Gasteiger partial charge in [0.2, 0.25) is 0 Å². The van der Waals surface area contributed by atoms with Crippen molar-refractivity contribution < 1.29 is 29.4 Å². The Labute approximate surface area is 209 Å². The Bertz CT molecular complexity index is 1020. The highest BCUT2D eigenvalue weighted by atomic mass is 32.1. The normalized spacial score (nSPS) is 13.5. The molecule has 5 N–H and O–H groups in total. The van der Waals surface area contributed by atoms with Crippen molar-refractivity contribution in [3.05, 3.63) is 41.1 Å². The third-order valence-corrected chi connectivity index (χ3v) is 5.77. The van der Waals surface area contributed by atoms with E-state index in [-0.39, 0.29) is 30.4 Å². The number of allylic oxidation sites excluding steroid dienone is 1. The number of benzene rings is 1. The molecule has 2 amide bonds. The van der Waals surface area contributed by atoms with E-state index in [4.69, 9.17) is 5.11 Å². The van der Waals surface area contributed by atoms with Crippen LogP contribution < -0.4 is 16.0 Å². The fourth-order valence-corrected chi connectivity index (χ4v) is 3.73. The molecule has 11 nitrogen and oxygen atoms in total. The second-order valence-corrected chi connectivity index (χ2v) is 8.66. The summed E-state index contributed by atoms with van der Waals surface area (Å²) in [5, 5.41) is 26.3. The molecule has 2 atom stereocenters. The third kappa shape index (κ3) is 8.63. The topological polar surface area (TPSA) is 160 Å². The van der Waals surface area contributed by atoms with Gasteiger partial charge in [0.05, 0.1) is 12.6 Å². The van der Waals surface area contributed by atoms with Gasteiger partial charge in [-0.3, -0.25) is 19.4 Å². The monoisotopic (exact) mass is 505 g/mol. The molecule has 12 heteroatoms. The van der Waals surface area contributed by atoms with E-state index < -0.39 is 23.9 Å². The van der Waals surface area contributed by atoms with E-state index in [1.807, 2.05) is 20.8 Å². The first-order chi connectivity index (χ1) is 16.5. The van der Waals surface area contributed by atoms with Crippen molar-refractivity contribution in [3.8, 4) is 0 Å². The van der Waals surface area contributed by atoms with E-state index in [1.165, 1.54) is 0 Å². The number of amidine groups is 1. The Balaban J connectivity index is 1.98. The summed E-state index contributed by atoms with van der Waals surface area (Å²) in [4.78, 5) is 50.9. The summed E-state index contributed by atoms with van der Waals surface area (Å²) >= 11 is 4.59. The SMILES string of the molecule is CC[C@H](CNc1ccc(C(=O)N[C@@H](CCC(=O)O)C(=O)O)cc1)N(S)C(C(=O)NC1=NC1)=C(C)C. The summed E-state index contributed by atoms with van der Waals surface area (Å²) in [6.45, 7) is 6.67. The lowest BCUT2D eigenvalue weighted by molar-refractivity contribution is -0.140. The number of hydrogen-bond acceptors (Lipinski definition) is 8. The van der Waals surface area contributed by atoms with E-state index in [0.717, 1.165) is 11.3 Å². The number of nitrogens with one attached hydrogen (secondary N) is 3. The van der Waals surface area contributed by atoms with Crippen molar-refractivity contribution in [1.82, 2.24) is 14.9 Å². The Morgan fingerprint density at radius 2 is 1.77 bits per heavy atom. The van der Waals surface area contributed by atoms with Gasteiger partial charge in [0.15, 0.2) is 0 Å². The lowest BCUT2D eigenvalue weighted by atomic mass is 10.1. The zero-order valence-corrected chi connectivity index (χ0v) is 20.8. The van der Waals surface area contributed by atoms with Crippen molar-refractivity contribution in [2.75, 3.05) is 18.4 Å². The molecule has 1 aliphatic heterocycles. The summed E-state index contributed by atoms with van der Waals surface area (Å²) < 4.78 is 1.64. The molecular formula is C23H31N5O6S. The maximum atomic E-state index is 12.6. The third-order valence-electron chi connectivity index (χ3n) is 5.25. The summed E-state index contributed by atoms with van der Waals surface area (Å²) in [6, 6.07) is 5.02. The molecule has 0 radical (unpaired) electrons. The molecule has 190 valence electrons. The van der Waals surface area contributed by atoms with Crippen LogP contribution in [0.5, 0.6) is 0 Å². The standard InChI is InChI=1S/C23H31N5O6S/c1-4-16(28(35)20(13(2)3)22(32)27-18-12-25-18)11-24-15-7-5-14(6-8-15)21(31)26-17(23(33)34)9-10-19(29)30/h5-8,16-17,24,35H,4,9-12H2,1-3H3,(H,26,31)(H,29,30)(H,33,34)(H,25,27,32)/t16-,17+/m1/s1. The van der Waals surface area contributed by atoms with Crippen molar-refractivity contribution >= 4 is 48.1 Å². The predicted octanol–water partition coefficient (Wildman–Crippen LogP) is 1.89. The number of thiol groups is 1. The van der Waals surface area contributed by atoms with Gasteiger partial charge in [0, 0.05) is 24.2 Å². The number of aliphatic imine (C=N–C) groups is 1. The van der Waals surface area contributed by atoms with Crippen LogP contribution in [-0.2, 0) is 14.4 Å². The first-order valence-corrected chi connectivity index (χ1v) is 11.5. The van der Waals surface area contributed by atoms with Gasteiger partial charge in [0.25, 0.3) is 11.8 Å². The van der Waals surface area contributed by atoms with Gasteiger partial charge < -0.3 is 30.5 Å². The van der Waals surface area contributed by atoms with Gasteiger partial charge in [-0.2, -0.15) is 0 Å². The van der Waals surface area contributed by atoms with Gasteiger partial charge in [-0.25, -0.2) is 4.79 Å². The molecule has 0 fully saturated rings. The average Bonchev–Trinajstić information content (AvgIpc) is 3.60. The Morgan fingerprint density at radius 3 is 2.26 bits per heavy atom. The van der Waals surface area contributed by atoms with Crippen LogP contribution in [0, 0.1) is 0 Å². The zero-order chi connectivity index (χ0) is 26.1. The van der Waals surface area contributed by atoms with Crippen LogP contribution >= 0.6 is 12.8 Å². The molecule has 0 saturated carbocycles. The van der Waals surface area contributed by atoms with Crippen molar-refractivity contribution in [1.29, 1.82) is 0 Å². The Kier molecular flexibility index (Phi) is 10.1. The van der Waals surface area contributed by atoms with Crippen molar-refractivity contribution in [2.45, 2.75) is 52.1 Å². The van der Waals surface area contributed by atoms with Crippen LogP contribution in [0.1, 0.15) is 50.4 Å². The van der Waals surface area contributed by atoms with Crippen molar-refractivity contribution in [3.63, 3.8) is 0 Å². The molecule has 0 spiro atoms. The molecule has 1 heterocycles. The maximum absolute atomic E-state index is 12.6. The molecule has 0 saturated heterocycles. The molecule has 35 heavy (non-hydrogen) atoms. The minimum Gasteiger partial charge on any atom is -0.481 e. The van der Waals surface area contributed by atoms with Gasteiger partial charge in [-0.05, 0) is 56.5 Å². The van der Waals surface area contributed by atoms with Crippen LogP contribution in [0.3, 0.4) is 0 Å². The maximum Gasteiger partial charge on any atom is 0.326 e. The van der Waals surface area contributed by atoms with E-state index in [9.17, 15) is 24.3 Å². The Morgan fingerprint density at radius 1 is 1.14 bits per heavy atom. The Hall–Kier alpha value is -3.54. The number of amides is 2. The number of hydrogen-bond donors (Lipinski definition) is 6. The summed E-state index contributed by atoms with van der Waals surface area (Å²) in [5.74, 6) is -2.65. The highest BCUT2D eigenvalue weighted by Crippen LogP contribution is 2.20. The molecule has 0 bridgehead atoms. The molecule has 1 aromatic carbocycles. The molecule has 1 aliphatic rings. The fourth-order valence-electron chi connectivity index (χ4n) is 3.20. The van der Waals surface area contributed by atoms with E-state index in [0.29, 0.717) is 31.0 Å². The summed E-state index contributed by atoms with van der Waals surface area (Å²) in [7, 11) is 0. The predicted molar refractivity (Wildman–Crippen MR) is 134 cm³/mol. The number of carbonyl (C=O) groups is 4. The van der Waals surface area contributed by atoms with Crippen LogP contribution in [-0.4, -0.2) is 69.3 Å². The molecular weight excluding hydrogens is 474 g/mol. The van der Waals surface area contributed by atoms with Gasteiger partial charge in [-0.15, -0.1) is 0 Å². The highest BCUT2D eigenvalue weighted by molar-refractivity contribution is 7.77. The second kappa shape index (κ2) is 12.8. The number of carbonyl (C=O) groups excluding carboxylic acids is 2. The minimum atomic E-state index is -1.30. The minimum absolute atomic E-state index is 0.122. The summed E-state index contributed by atoms with van der Waals surface area (Å²) in [6.07, 6.45) is 0.120. The first-order valence-electron chi connectivity index (χ1n) is 11.1. The van der Waals surface area contributed by atoms with Gasteiger partial charge in [-0.1, -0.05) is 19.7 Å². The number of carboxylic acid groups (broad SMARTS) is 2. The number of nitrogens with zero attached hydrogens (tertiary/aromatic N) is 2. The van der Waals surface area contributed by atoms with Crippen LogP contribution in [0.25, 0.3) is 0 Å². The molecule has 2 rings (SSSR count). The molecule has 0 unspecified atom stereocenters. The van der Waals surface area contributed by atoms with Gasteiger partial charge >= 0.3 is 11.9 Å². The molecule has 1 aromatic rings. The average molecular weight is 506 g/mol. The summed E-state index contributed by atoms with van der Waals surface area (Å²) in [5.41, 5.74) is 2.24. The first kappa shape index (κ1) is 27.7. The van der Waals surface area contributed by atoms with E-state index in [2.05, 4.69) is 33.8 Å². The quantitative estimate of drug-likeness (QED) is 0.175. The smallest absolute Gasteiger partial charge is 0.326 e. The van der Waals surface area contributed by atoms with E-state index >= 15 is 0 Å². The van der Waals surface area contributed by atoms with Crippen LogP contribution in [0.4, 0.5) is 5.69 Å². The largest absolute Gasteiger partial charge is 0.481 e. The lowest BCUT2D eigenvalue weighted by Gasteiger charge is -2.30. The number of carboxylic acids is 2. The number of aliphatic carboxylic acids is 2. The number of anilines is 1. The van der Waals surface area contributed by atoms with Crippen molar-refractivity contribution in [2.24, 2.45) is 4.99 Å². The molecule has 0 aromatic heterocycles. The second-order valence-electron chi connectivity index (χ2n) is 8.23. The van der Waals surface area contributed by atoms with Crippen LogP contribution in [0.15, 0.2) is 40.5 Å². The fraction of sp³-hybridized carbons (Fsp3) is 0.435. The highest BCUT2D eigenvalue weighted by Gasteiger charge is 2.26. The number of rotatable bonds is 13. The lowest BCUT2D eigenvalue weighted by Crippen LogP contribution is -2.41. The van der Waals surface area contributed by atoms with Gasteiger partial charge in [0.1, 0.15) is 17.6 Å². The zero-order valence-electron chi connectivity index (χ0n) is 19.9.